The van der Waals surface area contributed by atoms with Crippen LogP contribution in [-0.2, 0) is 32.0 Å². The van der Waals surface area contributed by atoms with Crippen LogP contribution in [0.5, 0.6) is 0 Å². The van der Waals surface area contributed by atoms with Crippen molar-refractivity contribution in [3.05, 3.63) is 70.6 Å². The lowest BCUT2D eigenvalue weighted by Gasteiger charge is -2.33. The van der Waals surface area contributed by atoms with Crippen LogP contribution in [0.1, 0.15) is 77.7 Å². The molecular weight excluding hydrogens is 699 g/mol. The van der Waals surface area contributed by atoms with Crippen molar-refractivity contribution in [1.29, 1.82) is 0 Å². The summed E-state index contributed by atoms with van der Waals surface area (Å²) < 4.78 is 12.9. The number of carbonyl (C=O) groups excluding carboxylic acids is 4. The first-order valence-corrected chi connectivity index (χ1v) is 20.1. The normalized spacial score (nSPS) is 17.9. The Balaban J connectivity index is 1.42. The zero-order chi connectivity index (χ0) is 38.4. The Morgan fingerprint density at radius 3 is 2.21 bits per heavy atom. The number of hydrogen-bond donors (Lipinski definition) is 4. The van der Waals surface area contributed by atoms with E-state index < -0.39 is 53.9 Å². The van der Waals surface area contributed by atoms with Gasteiger partial charge < -0.3 is 40.0 Å². The Kier molecular flexibility index (Phi) is 16.1. The topological polar surface area (TPSA) is 168 Å². The SMILES string of the molecule is CSC[C@H](NC(=O)[C@H](Cc1ccccc1)OC(=O)N1CCC(NC(=O)OC(C)(C)C)CC1)C(=O)N[C@@H](CC1CCCCC1)[C@@H](O)Cn1ccc(=O)cc1. The Morgan fingerprint density at radius 1 is 0.925 bits per heavy atom. The van der Waals surface area contributed by atoms with Crippen LogP contribution in [0.4, 0.5) is 9.59 Å². The molecule has 1 aliphatic heterocycles. The second-order valence-corrected chi connectivity index (χ2v) is 16.0. The van der Waals surface area contributed by atoms with Crippen molar-refractivity contribution in [3.63, 3.8) is 0 Å². The summed E-state index contributed by atoms with van der Waals surface area (Å²) in [7, 11) is 0. The van der Waals surface area contributed by atoms with Gasteiger partial charge in [0.05, 0.1) is 18.7 Å². The minimum Gasteiger partial charge on any atom is -0.444 e. The third kappa shape index (κ3) is 14.4. The smallest absolute Gasteiger partial charge is 0.410 e. The molecule has 4 atom stereocenters. The molecule has 1 saturated heterocycles. The maximum Gasteiger partial charge on any atom is 0.410 e. The highest BCUT2D eigenvalue weighted by atomic mass is 32.2. The number of carbonyl (C=O) groups is 4. The van der Waals surface area contributed by atoms with Crippen molar-refractivity contribution in [2.45, 2.75) is 121 Å². The van der Waals surface area contributed by atoms with Crippen LogP contribution in [0, 0.1) is 5.92 Å². The number of rotatable bonds is 15. The summed E-state index contributed by atoms with van der Waals surface area (Å²) in [6.45, 7) is 6.20. The van der Waals surface area contributed by atoms with Crippen LogP contribution in [0.25, 0.3) is 0 Å². The molecule has 2 fully saturated rings. The van der Waals surface area contributed by atoms with Crippen LogP contribution in [0.2, 0.25) is 0 Å². The first-order chi connectivity index (χ1) is 25.3. The summed E-state index contributed by atoms with van der Waals surface area (Å²) >= 11 is 1.39. The molecule has 0 radical (unpaired) electrons. The number of alkyl carbamates (subject to hydrolysis) is 1. The molecule has 1 saturated carbocycles. The van der Waals surface area contributed by atoms with Gasteiger partial charge >= 0.3 is 12.2 Å². The predicted molar refractivity (Wildman–Crippen MR) is 205 cm³/mol. The maximum atomic E-state index is 13.9. The van der Waals surface area contributed by atoms with E-state index in [-0.39, 0.29) is 30.2 Å². The number of aliphatic hydroxyl groups is 1. The van der Waals surface area contributed by atoms with Gasteiger partial charge in [0, 0.05) is 55.8 Å². The molecule has 53 heavy (non-hydrogen) atoms. The molecule has 0 bridgehead atoms. The lowest BCUT2D eigenvalue weighted by molar-refractivity contribution is -0.134. The molecule has 13 nitrogen and oxygen atoms in total. The van der Waals surface area contributed by atoms with Crippen molar-refractivity contribution >= 4 is 35.8 Å². The van der Waals surface area contributed by atoms with Gasteiger partial charge in [-0.15, -0.1) is 0 Å². The molecule has 0 unspecified atom stereocenters. The van der Waals surface area contributed by atoms with Crippen LogP contribution in [0.15, 0.2) is 59.7 Å². The number of aliphatic hydroxyl groups excluding tert-OH is 1. The summed E-state index contributed by atoms with van der Waals surface area (Å²) in [6.07, 6.45) is 8.84. The molecule has 292 valence electrons. The van der Waals surface area contributed by atoms with E-state index in [1.54, 1.807) is 37.7 Å². The van der Waals surface area contributed by atoms with Gasteiger partial charge in [0.1, 0.15) is 11.6 Å². The number of nitrogens with one attached hydrogen (secondary N) is 3. The highest BCUT2D eigenvalue weighted by Crippen LogP contribution is 2.28. The van der Waals surface area contributed by atoms with E-state index in [2.05, 4.69) is 16.0 Å². The average Bonchev–Trinajstić information content (AvgIpc) is 3.12. The summed E-state index contributed by atoms with van der Waals surface area (Å²) in [5.41, 5.74) is 0.0271. The number of amides is 4. The van der Waals surface area contributed by atoms with Gasteiger partial charge in [0.15, 0.2) is 11.5 Å². The number of ether oxygens (including phenoxy) is 2. The van der Waals surface area contributed by atoms with E-state index in [1.807, 2.05) is 36.6 Å². The number of nitrogens with zero attached hydrogens (tertiary/aromatic N) is 2. The van der Waals surface area contributed by atoms with Crippen LogP contribution in [0.3, 0.4) is 0 Å². The minimum atomic E-state index is -1.22. The van der Waals surface area contributed by atoms with E-state index >= 15 is 0 Å². The zero-order valence-corrected chi connectivity index (χ0v) is 32.3. The van der Waals surface area contributed by atoms with E-state index in [9.17, 15) is 29.1 Å². The van der Waals surface area contributed by atoms with Gasteiger partial charge in [-0.05, 0) is 57.8 Å². The molecule has 2 heterocycles. The van der Waals surface area contributed by atoms with Gasteiger partial charge in [0.2, 0.25) is 5.91 Å². The van der Waals surface area contributed by atoms with E-state index in [1.165, 1.54) is 35.2 Å². The van der Waals surface area contributed by atoms with E-state index in [0.717, 1.165) is 31.2 Å². The number of aromatic nitrogens is 1. The Morgan fingerprint density at radius 2 is 1.58 bits per heavy atom. The molecule has 1 aromatic heterocycles. The first-order valence-electron chi connectivity index (χ1n) is 18.7. The van der Waals surface area contributed by atoms with Gasteiger partial charge in [-0.1, -0.05) is 62.4 Å². The summed E-state index contributed by atoms with van der Waals surface area (Å²) in [4.78, 5) is 66.6. The fourth-order valence-electron chi connectivity index (χ4n) is 6.79. The number of pyridine rings is 1. The standard InChI is InChI=1S/C39H57N5O8S/c1-39(2,3)52-37(49)40-29-15-21-44(22-16-29)38(50)51-34(24-28-13-9-6-10-14-28)36(48)42-32(26-53-4)35(47)41-31(23-27-11-7-5-8-12-27)33(46)25-43-19-17-30(45)18-20-43/h6,9-10,13-14,17-20,27,29,31-34,46H,5,7-8,11-12,15-16,21-26H2,1-4H3,(H,40,49)(H,41,47)(H,42,48)/t31-,32-,33-,34-/m0/s1. The van der Waals surface area contributed by atoms with Gasteiger partial charge in [-0.2, -0.15) is 11.8 Å². The molecule has 14 heteroatoms. The minimum absolute atomic E-state index is 0.102. The number of hydrogen-bond acceptors (Lipinski definition) is 9. The second-order valence-electron chi connectivity index (χ2n) is 15.1. The Bertz CT molecular complexity index is 1520. The largest absolute Gasteiger partial charge is 0.444 e. The molecule has 1 aromatic carbocycles. The van der Waals surface area contributed by atoms with Crippen molar-refractivity contribution in [3.8, 4) is 0 Å². The van der Waals surface area contributed by atoms with Crippen LogP contribution >= 0.6 is 11.8 Å². The second kappa shape index (κ2) is 20.4. The predicted octanol–water partition coefficient (Wildman–Crippen LogP) is 4.25. The van der Waals surface area contributed by atoms with Gasteiger partial charge in [-0.3, -0.25) is 14.4 Å². The molecule has 4 amide bonds. The Hall–Kier alpha value is -4.04. The quantitative estimate of drug-likeness (QED) is 0.208. The van der Waals surface area contributed by atoms with Crippen LogP contribution < -0.4 is 21.4 Å². The monoisotopic (exact) mass is 755 g/mol. The van der Waals surface area contributed by atoms with Crippen LogP contribution in [-0.4, -0.2) is 99.6 Å². The number of piperidine rings is 1. The lowest BCUT2D eigenvalue weighted by atomic mass is 9.83. The molecular formula is C39H57N5O8S. The summed E-state index contributed by atoms with van der Waals surface area (Å²) in [5.74, 6) is -0.431. The molecule has 4 rings (SSSR count). The fourth-order valence-corrected chi connectivity index (χ4v) is 7.36. The average molecular weight is 756 g/mol. The molecule has 2 aliphatic rings. The summed E-state index contributed by atoms with van der Waals surface area (Å²) in [5, 5.41) is 20.1. The lowest BCUT2D eigenvalue weighted by Crippen LogP contribution is -2.56. The highest BCUT2D eigenvalue weighted by molar-refractivity contribution is 7.98. The number of benzene rings is 1. The maximum absolute atomic E-state index is 13.9. The zero-order valence-electron chi connectivity index (χ0n) is 31.5. The van der Waals surface area contributed by atoms with Crippen molar-refractivity contribution < 1.29 is 33.8 Å². The summed E-state index contributed by atoms with van der Waals surface area (Å²) in [6, 6.07) is 10.4. The molecule has 4 N–H and O–H groups in total. The fraction of sp³-hybridized carbons (Fsp3) is 0.615. The van der Waals surface area contributed by atoms with E-state index in [4.69, 9.17) is 9.47 Å². The highest BCUT2D eigenvalue weighted by Gasteiger charge is 2.34. The number of thioether (sulfide) groups is 1. The third-order valence-electron chi connectivity index (χ3n) is 9.60. The van der Waals surface area contributed by atoms with Crippen molar-refractivity contribution in [2.24, 2.45) is 5.92 Å². The molecule has 0 spiro atoms. The molecule has 2 aromatic rings. The third-order valence-corrected chi connectivity index (χ3v) is 10.3. The molecule has 1 aliphatic carbocycles. The Labute approximate surface area is 316 Å². The first kappa shape index (κ1) is 41.7. The van der Waals surface area contributed by atoms with Crippen molar-refractivity contribution in [2.75, 3.05) is 25.1 Å². The van der Waals surface area contributed by atoms with E-state index in [0.29, 0.717) is 38.3 Å². The van der Waals surface area contributed by atoms with Gasteiger partial charge in [0.25, 0.3) is 5.91 Å². The van der Waals surface area contributed by atoms with Gasteiger partial charge in [-0.25, -0.2) is 9.59 Å². The van der Waals surface area contributed by atoms with Crippen molar-refractivity contribution in [1.82, 2.24) is 25.4 Å². The number of likely N-dealkylation sites (tertiary alicyclic amines) is 1.